The predicted octanol–water partition coefficient (Wildman–Crippen LogP) is 2.28. The van der Waals surface area contributed by atoms with Crippen molar-refractivity contribution in [2.24, 2.45) is 0 Å². The van der Waals surface area contributed by atoms with Crippen molar-refractivity contribution in [3.8, 4) is 0 Å². The molecule has 1 aromatic heterocycles. The van der Waals surface area contributed by atoms with Crippen LogP contribution in [0.3, 0.4) is 0 Å². The maximum absolute atomic E-state index is 13.6. The molecule has 0 unspecified atom stereocenters. The molecule has 20 heavy (non-hydrogen) atoms. The molecule has 0 saturated carbocycles. The van der Waals surface area contributed by atoms with Crippen molar-refractivity contribution in [1.82, 2.24) is 15.3 Å². The van der Waals surface area contributed by atoms with E-state index in [-0.39, 0.29) is 5.82 Å². The molecule has 0 bridgehead atoms. The third-order valence-corrected chi connectivity index (χ3v) is 3.14. The Kier molecular flexibility index (Phi) is 4.63. The molecule has 5 heteroatoms. The van der Waals surface area contributed by atoms with Gasteiger partial charge in [-0.25, -0.2) is 14.4 Å². The Balaban J connectivity index is 2.15. The molecule has 0 atom stereocenters. The summed E-state index contributed by atoms with van der Waals surface area (Å²) in [6, 6.07) is 6.75. The summed E-state index contributed by atoms with van der Waals surface area (Å²) in [7, 11) is 3.75. The van der Waals surface area contributed by atoms with Crippen molar-refractivity contribution < 1.29 is 4.39 Å². The predicted molar refractivity (Wildman–Crippen MR) is 78.0 cm³/mol. The highest BCUT2D eigenvalue weighted by Crippen LogP contribution is 2.14. The zero-order chi connectivity index (χ0) is 14.5. The summed E-state index contributed by atoms with van der Waals surface area (Å²) >= 11 is 0. The number of nitrogens with one attached hydrogen (secondary N) is 1. The molecule has 4 nitrogen and oxygen atoms in total. The Morgan fingerprint density at radius 1 is 1.25 bits per heavy atom. The number of halogens is 1. The molecule has 1 heterocycles. The van der Waals surface area contributed by atoms with E-state index in [0.29, 0.717) is 18.1 Å². The first-order valence-corrected chi connectivity index (χ1v) is 6.53. The van der Waals surface area contributed by atoms with Crippen LogP contribution in [0.4, 0.5) is 10.3 Å². The van der Waals surface area contributed by atoms with Crippen LogP contribution in [0.5, 0.6) is 0 Å². The van der Waals surface area contributed by atoms with Gasteiger partial charge in [0.25, 0.3) is 0 Å². The van der Waals surface area contributed by atoms with Gasteiger partial charge in [0, 0.05) is 43.2 Å². The molecule has 2 aromatic rings. The van der Waals surface area contributed by atoms with E-state index < -0.39 is 0 Å². The van der Waals surface area contributed by atoms with Crippen LogP contribution in [0.1, 0.15) is 16.8 Å². The van der Waals surface area contributed by atoms with Gasteiger partial charge < -0.3 is 10.2 Å². The van der Waals surface area contributed by atoms with Crippen molar-refractivity contribution in [2.45, 2.75) is 20.0 Å². The van der Waals surface area contributed by atoms with Crippen molar-refractivity contribution in [2.75, 3.05) is 19.0 Å². The summed E-state index contributed by atoms with van der Waals surface area (Å²) in [6.45, 7) is 3.13. The van der Waals surface area contributed by atoms with Crippen molar-refractivity contribution in [3.05, 3.63) is 53.1 Å². The van der Waals surface area contributed by atoms with Gasteiger partial charge in [-0.2, -0.15) is 0 Å². The number of aromatic nitrogens is 2. The summed E-state index contributed by atoms with van der Waals surface area (Å²) in [5, 5.41) is 3.08. The molecule has 0 saturated heterocycles. The lowest BCUT2D eigenvalue weighted by Crippen LogP contribution is -2.21. The molecule has 0 radical (unpaired) electrons. The molecular weight excluding hydrogens is 255 g/mol. The number of rotatable bonds is 5. The van der Waals surface area contributed by atoms with Gasteiger partial charge in [-0.3, -0.25) is 0 Å². The molecule has 106 valence electrons. The van der Waals surface area contributed by atoms with E-state index in [1.807, 2.05) is 38.2 Å². The average molecular weight is 274 g/mol. The lowest BCUT2D eigenvalue weighted by molar-refractivity contribution is 0.607. The Hall–Kier alpha value is -2.01. The molecule has 0 amide bonds. The maximum atomic E-state index is 13.6. The number of hydrogen-bond acceptors (Lipinski definition) is 4. The Bertz CT molecular complexity index is 586. The number of hydrogen-bond donors (Lipinski definition) is 1. The minimum atomic E-state index is -0.206. The van der Waals surface area contributed by atoms with Crippen LogP contribution in [0.2, 0.25) is 0 Å². The van der Waals surface area contributed by atoms with E-state index in [0.717, 1.165) is 17.8 Å². The molecule has 0 aliphatic carbocycles. The lowest BCUT2D eigenvalue weighted by Gasteiger charge is -2.18. The van der Waals surface area contributed by atoms with E-state index in [2.05, 4.69) is 15.3 Å². The normalized spacial score (nSPS) is 10.6. The van der Waals surface area contributed by atoms with Gasteiger partial charge in [-0.15, -0.1) is 0 Å². The summed E-state index contributed by atoms with van der Waals surface area (Å²) in [5.74, 6) is 0.397. The summed E-state index contributed by atoms with van der Waals surface area (Å²) < 4.78 is 13.6. The van der Waals surface area contributed by atoms with Gasteiger partial charge >= 0.3 is 0 Å². The highest BCUT2D eigenvalue weighted by Gasteiger charge is 2.10. The van der Waals surface area contributed by atoms with Gasteiger partial charge in [-0.05, 0) is 20.0 Å². The van der Waals surface area contributed by atoms with Crippen molar-refractivity contribution in [3.63, 3.8) is 0 Å². The first-order valence-electron chi connectivity index (χ1n) is 6.53. The van der Waals surface area contributed by atoms with Gasteiger partial charge in [0.15, 0.2) is 0 Å². The van der Waals surface area contributed by atoms with Crippen molar-refractivity contribution in [1.29, 1.82) is 0 Å². The molecule has 0 spiro atoms. The second-order valence-electron chi connectivity index (χ2n) is 4.76. The van der Waals surface area contributed by atoms with E-state index in [1.54, 1.807) is 12.1 Å². The fourth-order valence-corrected chi connectivity index (χ4v) is 1.98. The first kappa shape index (κ1) is 14.4. The monoisotopic (exact) mass is 274 g/mol. The number of nitrogens with zero attached hydrogens (tertiary/aromatic N) is 3. The molecule has 1 N–H and O–H groups in total. The quantitative estimate of drug-likeness (QED) is 0.908. The molecule has 2 rings (SSSR count). The lowest BCUT2D eigenvalue weighted by atomic mass is 10.2. The van der Waals surface area contributed by atoms with Crippen molar-refractivity contribution >= 4 is 5.95 Å². The number of benzene rings is 1. The minimum absolute atomic E-state index is 0.206. The summed E-state index contributed by atoms with van der Waals surface area (Å²) in [6.07, 6.45) is 1.81. The second-order valence-corrected chi connectivity index (χ2v) is 4.76. The highest BCUT2D eigenvalue weighted by molar-refractivity contribution is 5.34. The third-order valence-electron chi connectivity index (χ3n) is 3.14. The van der Waals surface area contributed by atoms with Crippen LogP contribution >= 0.6 is 0 Å². The standard InChI is InChI=1S/C15H19FN4/c1-11-13(8-17-2)9-18-15(19-11)20(3)10-12-6-4-5-7-14(12)16/h4-7,9,17H,8,10H2,1-3H3. The van der Waals surface area contributed by atoms with E-state index >= 15 is 0 Å². The zero-order valence-electron chi connectivity index (χ0n) is 12.0. The summed E-state index contributed by atoms with van der Waals surface area (Å²) in [4.78, 5) is 10.6. The Labute approximate surface area is 118 Å². The van der Waals surface area contributed by atoms with Crippen LogP contribution in [0.15, 0.2) is 30.5 Å². The molecule has 0 aliphatic rings. The minimum Gasteiger partial charge on any atom is -0.339 e. The van der Waals surface area contributed by atoms with Gasteiger partial charge in [0.1, 0.15) is 5.82 Å². The SMILES string of the molecule is CNCc1cnc(N(C)Cc2ccccc2F)nc1C. The van der Waals surface area contributed by atoms with Crippen LogP contribution < -0.4 is 10.2 Å². The van der Waals surface area contributed by atoms with Gasteiger partial charge in [-0.1, -0.05) is 18.2 Å². The van der Waals surface area contributed by atoms with Gasteiger partial charge in [0.2, 0.25) is 5.95 Å². The van der Waals surface area contributed by atoms with Crippen LogP contribution in [-0.2, 0) is 13.1 Å². The third kappa shape index (κ3) is 3.30. The molecule has 0 fully saturated rings. The molecular formula is C15H19FN4. The van der Waals surface area contributed by atoms with Crippen LogP contribution in [0, 0.1) is 12.7 Å². The highest BCUT2D eigenvalue weighted by atomic mass is 19.1. The smallest absolute Gasteiger partial charge is 0.225 e. The molecule has 1 aromatic carbocycles. The summed E-state index contributed by atoms with van der Waals surface area (Å²) in [5.41, 5.74) is 2.64. The largest absolute Gasteiger partial charge is 0.339 e. The Morgan fingerprint density at radius 2 is 2.00 bits per heavy atom. The van der Waals surface area contributed by atoms with Crippen LogP contribution in [-0.4, -0.2) is 24.1 Å². The fourth-order valence-electron chi connectivity index (χ4n) is 1.98. The van der Waals surface area contributed by atoms with Gasteiger partial charge in [0.05, 0.1) is 0 Å². The maximum Gasteiger partial charge on any atom is 0.225 e. The topological polar surface area (TPSA) is 41.1 Å². The Morgan fingerprint density at radius 3 is 2.65 bits per heavy atom. The fraction of sp³-hybridized carbons (Fsp3) is 0.333. The van der Waals surface area contributed by atoms with E-state index in [1.165, 1.54) is 6.07 Å². The number of aryl methyl sites for hydroxylation is 1. The average Bonchev–Trinajstić information content (AvgIpc) is 2.43. The van der Waals surface area contributed by atoms with Crippen LogP contribution in [0.25, 0.3) is 0 Å². The van der Waals surface area contributed by atoms with E-state index in [4.69, 9.17) is 0 Å². The first-order chi connectivity index (χ1) is 9.61. The number of anilines is 1. The van der Waals surface area contributed by atoms with E-state index in [9.17, 15) is 4.39 Å². The molecule has 0 aliphatic heterocycles. The second kappa shape index (κ2) is 6.43. The zero-order valence-corrected chi connectivity index (χ0v) is 12.0.